The van der Waals surface area contributed by atoms with Gasteiger partial charge in [-0.2, -0.15) is 10.2 Å². The number of rotatable bonds is 6. The van der Waals surface area contributed by atoms with Crippen molar-refractivity contribution in [2.45, 2.75) is 57.4 Å². The van der Waals surface area contributed by atoms with E-state index in [1.54, 1.807) is 16.9 Å². The van der Waals surface area contributed by atoms with Gasteiger partial charge >= 0.3 is 0 Å². The topological polar surface area (TPSA) is 102 Å². The minimum Gasteiger partial charge on any atom is -0.490 e. The van der Waals surface area contributed by atoms with Crippen LogP contribution in [0.1, 0.15) is 56.9 Å². The number of aliphatic hydroxyl groups is 1. The summed E-state index contributed by atoms with van der Waals surface area (Å²) in [6, 6.07) is 6.23. The van der Waals surface area contributed by atoms with Crippen LogP contribution in [0, 0.1) is 11.3 Å². The molecular formula is C26H31N7O2. The van der Waals surface area contributed by atoms with Crippen LogP contribution in [0.2, 0.25) is 0 Å². The Labute approximate surface area is 203 Å². The van der Waals surface area contributed by atoms with Gasteiger partial charge in [0.15, 0.2) is 11.9 Å². The monoisotopic (exact) mass is 473 g/mol. The predicted octanol–water partition coefficient (Wildman–Crippen LogP) is 3.67. The molecule has 9 heteroatoms. The molecule has 1 saturated heterocycles. The van der Waals surface area contributed by atoms with Crippen molar-refractivity contribution < 1.29 is 9.84 Å². The summed E-state index contributed by atoms with van der Waals surface area (Å²) < 4.78 is 10.1. The van der Waals surface area contributed by atoms with Gasteiger partial charge in [-0.25, -0.2) is 9.50 Å². The van der Waals surface area contributed by atoms with E-state index >= 15 is 0 Å². The Balaban J connectivity index is 1.20. The van der Waals surface area contributed by atoms with E-state index in [9.17, 15) is 5.11 Å². The van der Waals surface area contributed by atoms with Gasteiger partial charge < -0.3 is 20.5 Å². The van der Waals surface area contributed by atoms with Gasteiger partial charge in [0.2, 0.25) is 0 Å². The van der Waals surface area contributed by atoms with Crippen LogP contribution in [0.15, 0.2) is 43.0 Å². The zero-order valence-corrected chi connectivity index (χ0v) is 19.9. The molecule has 0 amide bonds. The van der Waals surface area contributed by atoms with Crippen LogP contribution in [-0.4, -0.2) is 48.7 Å². The molecule has 182 valence electrons. The summed E-state index contributed by atoms with van der Waals surface area (Å²) in [7, 11) is 0. The second-order valence-corrected chi connectivity index (χ2v) is 10.8. The zero-order chi connectivity index (χ0) is 23.6. The third-order valence-corrected chi connectivity index (χ3v) is 8.06. The number of nitrogens with one attached hydrogen (secondary N) is 2. The van der Waals surface area contributed by atoms with Gasteiger partial charge in [-0.1, -0.05) is 6.92 Å². The highest BCUT2D eigenvalue weighted by atomic mass is 16.5. The zero-order valence-electron chi connectivity index (χ0n) is 19.9. The quantitative estimate of drug-likeness (QED) is 0.367. The number of aromatic nitrogens is 5. The van der Waals surface area contributed by atoms with E-state index in [-0.39, 0.29) is 6.10 Å². The minimum atomic E-state index is -0.967. The van der Waals surface area contributed by atoms with E-state index < -0.39 is 6.23 Å². The lowest BCUT2D eigenvalue weighted by Gasteiger charge is -2.50. The first kappa shape index (κ1) is 21.1. The maximum atomic E-state index is 11.2. The lowest BCUT2D eigenvalue weighted by atomic mass is 9.65. The second-order valence-electron chi connectivity index (χ2n) is 10.8. The summed E-state index contributed by atoms with van der Waals surface area (Å²) >= 11 is 0. The van der Waals surface area contributed by atoms with Crippen LogP contribution in [0.4, 0.5) is 5.69 Å². The van der Waals surface area contributed by atoms with Crippen molar-refractivity contribution in [1.29, 1.82) is 0 Å². The summed E-state index contributed by atoms with van der Waals surface area (Å²) in [5.41, 5.74) is 3.45. The number of hydrogen-bond donors (Lipinski definition) is 3. The van der Waals surface area contributed by atoms with Gasteiger partial charge in [-0.15, -0.1) is 0 Å². The van der Waals surface area contributed by atoms with Gasteiger partial charge in [-0.3, -0.25) is 4.68 Å². The molecule has 4 aromatic rings. The highest BCUT2D eigenvalue weighted by Gasteiger charge is 2.43. The van der Waals surface area contributed by atoms with Crippen molar-refractivity contribution in [3.05, 3.63) is 48.5 Å². The molecule has 4 heterocycles. The predicted molar refractivity (Wildman–Crippen MR) is 132 cm³/mol. The van der Waals surface area contributed by atoms with Crippen molar-refractivity contribution >= 4 is 22.2 Å². The third kappa shape index (κ3) is 3.73. The van der Waals surface area contributed by atoms with Gasteiger partial charge in [0.25, 0.3) is 0 Å². The third-order valence-electron chi connectivity index (χ3n) is 8.06. The second kappa shape index (κ2) is 7.93. The lowest BCUT2D eigenvalue weighted by Crippen LogP contribution is -2.56. The first-order valence-electron chi connectivity index (χ1n) is 12.7. The Kier molecular flexibility index (Phi) is 4.79. The average molecular weight is 474 g/mol. The van der Waals surface area contributed by atoms with E-state index in [1.165, 1.54) is 12.8 Å². The van der Waals surface area contributed by atoms with E-state index in [4.69, 9.17) is 9.84 Å². The number of nitrogens with zero attached hydrogens (tertiary/aromatic N) is 5. The number of fused-ring (bicyclic) bond motifs is 2. The fourth-order valence-corrected chi connectivity index (χ4v) is 5.95. The van der Waals surface area contributed by atoms with E-state index in [1.807, 2.05) is 24.4 Å². The first-order chi connectivity index (χ1) is 17.1. The molecule has 3 atom stereocenters. The van der Waals surface area contributed by atoms with Gasteiger partial charge in [0, 0.05) is 48.7 Å². The highest BCUT2D eigenvalue weighted by molar-refractivity contribution is 5.81. The summed E-state index contributed by atoms with van der Waals surface area (Å²) in [4.78, 5) is 4.38. The maximum Gasteiger partial charge on any atom is 0.178 e. The van der Waals surface area contributed by atoms with Crippen LogP contribution in [0.3, 0.4) is 0 Å². The molecule has 3 fully saturated rings. The molecule has 2 aliphatic carbocycles. The smallest absolute Gasteiger partial charge is 0.178 e. The summed E-state index contributed by atoms with van der Waals surface area (Å²) in [5.74, 6) is 1.27. The summed E-state index contributed by atoms with van der Waals surface area (Å²) in [5, 5.41) is 28.2. The van der Waals surface area contributed by atoms with E-state index in [0.717, 1.165) is 43.3 Å². The number of ether oxygens (including phenoxy) is 1. The minimum absolute atomic E-state index is 0.213. The van der Waals surface area contributed by atoms with Gasteiger partial charge in [-0.05, 0) is 55.6 Å². The number of benzene rings is 1. The lowest BCUT2D eigenvalue weighted by molar-refractivity contribution is 0.0452. The number of aliphatic hydroxyl groups excluding tert-OH is 1. The van der Waals surface area contributed by atoms with Crippen LogP contribution >= 0.6 is 0 Å². The Morgan fingerprint density at radius 1 is 1.26 bits per heavy atom. The standard InChI is InChI=1S/C26H31N7O2/c1-16-11-26(14-27-15-26)6-5-22(16)33-13-17-9-19(23(10-20(17)31-33)35-18-3-4-18)25(34)30-21-12-29-32-8-2-7-28-24(21)32/h2,7-10,12-13,16,18,22,25,27,30,34H,3-6,11,14-15H2,1H3/t16-,22+,25?/m0/s1. The van der Waals surface area contributed by atoms with E-state index in [2.05, 4.69) is 38.5 Å². The molecule has 2 saturated carbocycles. The molecule has 1 unspecified atom stereocenters. The van der Waals surface area contributed by atoms with Gasteiger partial charge in [0.1, 0.15) is 11.4 Å². The normalized spacial score (nSPS) is 24.5. The number of hydrogen-bond acceptors (Lipinski definition) is 7. The van der Waals surface area contributed by atoms with Crippen molar-refractivity contribution in [3.63, 3.8) is 0 Å². The molecule has 35 heavy (non-hydrogen) atoms. The van der Waals surface area contributed by atoms with Crippen LogP contribution in [0.25, 0.3) is 16.6 Å². The highest BCUT2D eigenvalue weighted by Crippen LogP contribution is 2.47. The SMILES string of the molecule is C[C@H]1CC2(CC[C@H]1n1cc3cc(C(O)Nc4cnn5cccnc45)c(OC4CC4)cc3n1)CNC2. The Bertz CT molecular complexity index is 1390. The van der Waals surface area contributed by atoms with Crippen molar-refractivity contribution in [2.75, 3.05) is 18.4 Å². The molecule has 1 spiro atoms. The summed E-state index contributed by atoms with van der Waals surface area (Å²) in [6.45, 7) is 4.67. The van der Waals surface area contributed by atoms with Gasteiger partial charge in [0.05, 0.1) is 23.9 Å². The molecule has 7 rings (SSSR count). The van der Waals surface area contributed by atoms with Crippen molar-refractivity contribution in [2.24, 2.45) is 11.3 Å². The largest absolute Gasteiger partial charge is 0.490 e. The Morgan fingerprint density at radius 3 is 2.91 bits per heavy atom. The fraction of sp³-hybridized carbons (Fsp3) is 0.500. The Morgan fingerprint density at radius 2 is 2.14 bits per heavy atom. The molecular weight excluding hydrogens is 442 g/mol. The van der Waals surface area contributed by atoms with Crippen LogP contribution < -0.4 is 15.4 Å². The van der Waals surface area contributed by atoms with Crippen LogP contribution in [-0.2, 0) is 0 Å². The fourth-order valence-electron chi connectivity index (χ4n) is 5.95. The number of anilines is 1. The first-order valence-corrected chi connectivity index (χ1v) is 12.7. The van der Waals surface area contributed by atoms with Crippen molar-refractivity contribution in [3.8, 4) is 5.75 Å². The maximum absolute atomic E-state index is 11.2. The summed E-state index contributed by atoms with van der Waals surface area (Å²) in [6.07, 6.45) is 12.4. The molecule has 1 aliphatic heterocycles. The van der Waals surface area contributed by atoms with E-state index in [0.29, 0.717) is 40.0 Å². The molecule has 0 radical (unpaired) electrons. The molecule has 1 aromatic carbocycles. The molecule has 3 N–H and O–H groups in total. The van der Waals surface area contributed by atoms with Crippen molar-refractivity contribution in [1.82, 2.24) is 29.7 Å². The molecule has 9 nitrogen and oxygen atoms in total. The average Bonchev–Trinajstić information content (AvgIpc) is 3.41. The molecule has 3 aromatic heterocycles. The Hall–Kier alpha value is -3.17. The molecule has 3 aliphatic rings. The van der Waals surface area contributed by atoms with Crippen LogP contribution in [0.5, 0.6) is 5.75 Å². The molecule has 0 bridgehead atoms.